The number of hydrogen-bond donors (Lipinski definition) is 1. The van der Waals surface area contributed by atoms with Gasteiger partial charge in [0.05, 0.1) is 12.4 Å². The molecule has 0 saturated heterocycles. The van der Waals surface area contributed by atoms with Crippen molar-refractivity contribution >= 4 is 24.2 Å². The second-order valence-electron chi connectivity index (χ2n) is 10.5. The van der Waals surface area contributed by atoms with Crippen LogP contribution in [0.2, 0.25) is 18.1 Å². The minimum absolute atomic E-state index is 0.120. The molecule has 2 rings (SSSR count). The van der Waals surface area contributed by atoms with Crippen molar-refractivity contribution in [3.05, 3.63) is 60.8 Å². The number of amides is 1. The molecule has 10 heteroatoms. The summed E-state index contributed by atoms with van der Waals surface area (Å²) >= 11 is 0. The van der Waals surface area contributed by atoms with Crippen LogP contribution in [0.5, 0.6) is 5.88 Å². The van der Waals surface area contributed by atoms with Gasteiger partial charge in [0.25, 0.3) is 0 Å². The number of rotatable bonds is 12. The van der Waals surface area contributed by atoms with Crippen LogP contribution in [0.3, 0.4) is 0 Å². The van der Waals surface area contributed by atoms with E-state index in [1.54, 1.807) is 23.7 Å². The van der Waals surface area contributed by atoms with Crippen molar-refractivity contribution in [2.45, 2.75) is 71.8 Å². The molecular formula is C26H42N4O4SSi. The number of carbonyl (C=O) groups is 1. The number of benzene rings is 1. The summed E-state index contributed by atoms with van der Waals surface area (Å²) in [6.45, 7) is 19.0. The fourth-order valence-corrected chi connectivity index (χ4v) is 9.04. The average molecular weight is 535 g/mol. The first-order valence-electron chi connectivity index (χ1n) is 12.3. The second-order valence-corrected chi connectivity index (χ2v) is 17.6. The van der Waals surface area contributed by atoms with E-state index in [1.165, 1.54) is 0 Å². The molecule has 2 aromatic rings. The van der Waals surface area contributed by atoms with Crippen molar-refractivity contribution in [3.63, 3.8) is 0 Å². The van der Waals surface area contributed by atoms with E-state index in [0.717, 1.165) is 12.1 Å². The Morgan fingerprint density at radius 1 is 1.28 bits per heavy atom. The van der Waals surface area contributed by atoms with Crippen molar-refractivity contribution in [2.24, 2.45) is 9.95 Å². The molecule has 1 N–H and O–H groups in total. The molecular weight excluding hydrogens is 492 g/mol. The van der Waals surface area contributed by atoms with Gasteiger partial charge in [-0.25, -0.2) is 13.7 Å². The van der Waals surface area contributed by atoms with Crippen molar-refractivity contribution < 1.29 is 18.5 Å². The minimum atomic E-state index is -3.17. The highest BCUT2D eigenvalue weighted by Gasteiger charge is 2.38. The molecule has 0 saturated carbocycles. The van der Waals surface area contributed by atoms with Gasteiger partial charge in [-0.1, -0.05) is 57.2 Å². The highest BCUT2D eigenvalue weighted by atomic mass is 32.2. The molecule has 200 valence electrons. The number of allylic oxidation sites excluding steroid dienone is 1. The molecule has 0 radical (unpaired) electrons. The molecule has 0 aliphatic heterocycles. The third-order valence-electron chi connectivity index (χ3n) is 6.38. The molecule has 1 aromatic heterocycles. The lowest BCUT2D eigenvalue weighted by Gasteiger charge is -2.34. The zero-order valence-electron chi connectivity index (χ0n) is 22.7. The zero-order valence-corrected chi connectivity index (χ0v) is 24.5. The van der Waals surface area contributed by atoms with E-state index in [9.17, 15) is 9.00 Å². The van der Waals surface area contributed by atoms with Gasteiger partial charge in [-0.3, -0.25) is 8.71 Å². The fraction of sp³-hybridized carbons (Fsp3) is 0.538. The lowest BCUT2D eigenvalue weighted by Crippen LogP contribution is -2.43. The van der Waals surface area contributed by atoms with Gasteiger partial charge in [0, 0.05) is 24.7 Å². The summed E-state index contributed by atoms with van der Waals surface area (Å²) in [5.41, 5.74) is 0.852. The van der Waals surface area contributed by atoms with Gasteiger partial charge in [-0.05, 0) is 44.0 Å². The Morgan fingerprint density at radius 3 is 2.50 bits per heavy atom. The highest BCUT2D eigenvalue weighted by molar-refractivity contribution is 7.93. The molecule has 3 atom stereocenters. The standard InChI is InChI=1S/C26H42N4O4SSi/c1-9-14-22(19-33-24-17-18-30(10-2)27-24)20-35(32,29-36(7,8)26(4,5)6)28-25(31)34-21(3)23-15-12-11-13-16-23/h9,11-13,15-18,21-22H,1,10,14,19-20H2,2-8H3,(H,28,29,31,32)/t21-,22+,35?/m0/s1. The Bertz CT molecular complexity index is 1120. The van der Waals surface area contributed by atoms with Crippen molar-refractivity contribution in [2.75, 3.05) is 12.4 Å². The van der Waals surface area contributed by atoms with E-state index < -0.39 is 30.3 Å². The van der Waals surface area contributed by atoms with Crippen LogP contribution >= 0.6 is 0 Å². The molecule has 0 fully saturated rings. The number of aromatic nitrogens is 2. The van der Waals surface area contributed by atoms with E-state index in [2.05, 4.69) is 50.3 Å². The predicted octanol–water partition coefficient (Wildman–Crippen LogP) is 6.35. The number of carbonyl (C=O) groups excluding carboxylic acids is 1. The fourth-order valence-electron chi connectivity index (χ4n) is 3.25. The molecule has 0 aliphatic carbocycles. The molecule has 8 nitrogen and oxygen atoms in total. The molecule has 36 heavy (non-hydrogen) atoms. The van der Waals surface area contributed by atoms with Crippen LogP contribution in [0.4, 0.5) is 4.79 Å². The first-order chi connectivity index (χ1) is 16.8. The summed E-state index contributed by atoms with van der Waals surface area (Å²) in [6.07, 6.45) is 2.91. The SMILES string of the molecule is C=CC[C@H](COc1ccn(CC)n1)CS(=O)(=N[Si](C)(C)C(C)(C)C)NC(=O)O[C@@H](C)c1ccccc1. The molecule has 1 unspecified atom stereocenters. The quantitative estimate of drug-likeness (QED) is 0.253. The van der Waals surface area contributed by atoms with Crippen molar-refractivity contribution in [1.82, 2.24) is 14.5 Å². The Kier molecular flexibility index (Phi) is 10.4. The zero-order chi connectivity index (χ0) is 27.0. The number of ether oxygens (including phenoxy) is 2. The highest BCUT2D eigenvalue weighted by Crippen LogP contribution is 2.37. The number of nitrogens with one attached hydrogen (secondary N) is 1. The van der Waals surface area contributed by atoms with Gasteiger partial charge < -0.3 is 9.47 Å². The minimum Gasteiger partial charge on any atom is -0.476 e. The Hall–Kier alpha value is -2.59. The van der Waals surface area contributed by atoms with Crippen LogP contribution in [0, 0.1) is 5.92 Å². The van der Waals surface area contributed by atoms with Crippen LogP contribution in [0.1, 0.15) is 52.7 Å². The first kappa shape index (κ1) is 29.6. The van der Waals surface area contributed by atoms with Crippen LogP contribution < -0.4 is 9.46 Å². The lowest BCUT2D eigenvalue weighted by molar-refractivity contribution is 0.113. The third-order valence-corrected chi connectivity index (χ3v) is 14.5. The van der Waals surface area contributed by atoms with Gasteiger partial charge in [0.2, 0.25) is 5.88 Å². The molecule has 0 spiro atoms. The van der Waals surface area contributed by atoms with Crippen LogP contribution in [-0.4, -0.2) is 40.7 Å². The number of aryl methyl sites for hydroxylation is 1. The maximum absolute atomic E-state index is 14.3. The molecule has 1 amide bonds. The van der Waals surface area contributed by atoms with Gasteiger partial charge in [0.15, 0.2) is 8.24 Å². The maximum atomic E-state index is 14.3. The largest absolute Gasteiger partial charge is 0.476 e. The number of nitrogens with zero attached hydrogens (tertiary/aromatic N) is 3. The normalized spacial score (nSPS) is 15.3. The Labute approximate surface area is 217 Å². The van der Waals surface area contributed by atoms with Crippen molar-refractivity contribution in [1.29, 1.82) is 0 Å². The summed E-state index contributed by atoms with van der Waals surface area (Å²) in [4.78, 5) is 12.9. The Morgan fingerprint density at radius 2 is 1.94 bits per heavy atom. The molecule has 1 aromatic carbocycles. The van der Waals surface area contributed by atoms with Gasteiger partial charge in [0.1, 0.15) is 16.0 Å². The van der Waals surface area contributed by atoms with Crippen LogP contribution in [0.25, 0.3) is 0 Å². The summed E-state index contributed by atoms with van der Waals surface area (Å²) in [5, 5.41) is 4.19. The van der Waals surface area contributed by atoms with Crippen LogP contribution in [-0.2, 0) is 21.2 Å². The molecule has 0 bridgehead atoms. The van der Waals surface area contributed by atoms with E-state index in [4.69, 9.17) is 13.5 Å². The summed E-state index contributed by atoms with van der Waals surface area (Å²) in [6, 6.07) is 11.2. The average Bonchev–Trinajstić information content (AvgIpc) is 3.25. The van der Waals surface area contributed by atoms with Crippen molar-refractivity contribution in [3.8, 4) is 5.88 Å². The first-order valence-corrected chi connectivity index (χ1v) is 17.0. The van der Waals surface area contributed by atoms with Crippen LogP contribution in [0.15, 0.2) is 59.3 Å². The maximum Gasteiger partial charge on any atom is 0.420 e. The van der Waals surface area contributed by atoms with E-state index in [1.807, 2.05) is 43.5 Å². The van der Waals surface area contributed by atoms with E-state index in [0.29, 0.717) is 12.3 Å². The second kappa shape index (κ2) is 12.6. The summed E-state index contributed by atoms with van der Waals surface area (Å²) in [5.74, 6) is 0.430. The molecule has 1 heterocycles. The topological polar surface area (TPSA) is 94.8 Å². The van der Waals surface area contributed by atoms with E-state index in [-0.39, 0.29) is 23.3 Å². The third kappa shape index (κ3) is 8.81. The monoisotopic (exact) mass is 534 g/mol. The van der Waals surface area contributed by atoms with Gasteiger partial charge >= 0.3 is 6.09 Å². The van der Waals surface area contributed by atoms with Gasteiger partial charge in [-0.15, -0.1) is 11.7 Å². The van der Waals surface area contributed by atoms with E-state index >= 15 is 0 Å². The number of hydrogen-bond acceptors (Lipinski definition) is 6. The lowest BCUT2D eigenvalue weighted by atomic mass is 10.1. The summed E-state index contributed by atoms with van der Waals surface area (Å²) < 4.78 is 35.0. The summed E-state index contributed by atoms with van der Waals surface area (Å²) in [7, 11) is -5.57. The van der Waals surface area contributed by atoms with Gasteiger partial charge in [-0.2, -0.15) is 0 Å². The molecule has 0 aliphatic rings. The smallest absolute Gasteiger partial charge is 0.420 e. The Balaban J connectivity index is 2.28. The predicted molar refractivity (Wildman–Crippen MR) is 149 cm³/mol.